The first-order valence-corrected chi connectivity index (χ1v) is 15.8. The third-order valence-corrected chi connectivity index (χ3v) is 8.79. The molecule has 1 aliphatic heterocycles. The molecular weight excluding hydrogens is 640 g/mol. The van der Waals surface area contributed by atoms with Gasteiger partial charge in [-0.15, -0.1) is 0 Å². The predicted octanol–water partition coefficient (Wildman–Crippen LogP) is 4.89. The van der Waals surface area contributed by atoms with Gasteiger partial charge in [-0.1, -0.05) is 29.3 Å². The molecule has 2 atom stereocenters. The summed E-state index contributed by atoms with van der Waals surface area (Å²) >= 11 is 12.2. The molecule has 0 spiro atoms. The number of anilines is 1. The van der Waals surface area contributed by atoms with Crippen LogP contribution in [0.1, 0.15) is 55.6 Å². The van der Waals surface area contributed by atoms with Crippen LogP contribution in [0.2, 0.25) is 10.0 Å². The smallest absolute Gasteiger partial charge is 0.325 e. The van der Waals surface area contributed by atoms with Crippen molar-refractivity contribution in [3.63, 3.8) is 0 Å². The zero-order chi connectivity index (χ0) is 33.3. The number of ether oxygens (including phenoxy) is 2. The van der Waals surface area contributed by atoms with E-state index in [0.29, 0.717) is 21.1 Å². The fraction of sp³-hybridized carbons (Fsp3) is 0.438. The van der Waals surface area contributed by atoms with Gasteiger partial charge in [-0.2, -0.15) is 0 Å². The molecule has 3 amide bonds. The molecule has 1 saturated heterocycles. The number of hydrogen-bond acceptors (Lipinski definition) is 7. The van der Waals surface area contributed by atoms with E-state index in [9.17, 15) is 19.2 Å². The van der Waals surface area contributed by atoms with Gasteiger partial charge in [0.15, 0.2) is 11.6 Å². The number of amides is 3. The molecule has 11 nitrogen and oxygen atoms in total. The molecule has 3 aromatic rings. The lowest BCUT2D eigenvalue weighted by Gasteiger charge is -2.45. The predicted molar refractivity (Wildman–Crippen MR) is 174 cm³/mol. The van der Waals surface area contributed by atoms with E-state index < -0.39 is 29.2 Å². The van der Waals surface area contributed by atoms with Crippen molar-refractivity contribution < 1.29 is 28.2 Å². The van der Waals surface area contributed by atoms with Gasteiger partial charge in [-0.05, 0) is 57.4 Å². The second-order valence-corrected chi connectivity index (χ2v) is 12.4. The summed E-state index contributed by atoms with van der Waals surface area (Å²) in [5, 5.41) is 6.20. The number of hydrogen-bond donors (Lipinski definition) is 2. The summed E-state index contributed by atoms with van der Waals surface area (Å²) < 4.78 is 28.6. The Kier molecular flexibility index (Phi) is 9.97. The van der Waals surface area contributed by atoms with Crippen molar-refractivity contribution in [3.05, 3.63) is 67.7 Å². The quantitative estimate of drug-likeness (QED) is 0.310. The van der Waals surface area contributed by atoms with Crippen LogP contribution >= 0.6 is 23.2 Å². The Morgan fingerprint density at radius 2 is 1.76 bits per heavy atom. The molecule has 14 heteroatoms. The summed E-state index contributed by atoms with van der Waals surface area (Å²) in [4.78, 5) is 55.1. The average molecular weight is 677 g/mol. The van der Waals surface area contributed by atoms with E-state index in [-0.39, 0.29) is 73.3 Å². The number of carbonyl (C=O) groups is 3. The van der Waals surface area contributed by atoms with Gasteiger partial charge in [0.25, 0.3) is 5.91 Å². The van der Waals surface area contributed by atoms with Crippen molar-refractivity contribution in [3.8, 4) is 5.75 Å². The number of rotatable bonds is 9. The standard InChI is InChI=1S/C32H36Cl2FN5O6/c1-5-46-26(41)13-37-32(44)40-17(2)14-38(15-18(40)3)28-25(35)11-22-27(30(28)45-4)39(21-8-9-21)16-23(29(22)42)31(43)36-12-19-6-7-20(33)10-24(19)34/h6-7,10-11,16-18,21H,5,8-9,12-15H2,1-4H3,(H,36,43)(H,37,44)/t17-,18+. The minimum atomic E-state index is -0.686. The molecule has 1 saturated carbocycles. The van der Waals surface area contributed by atoms with Crippen LogP contribution in [0.25, 0.3) is 10.9 Å². The number of urea groups is 1. The average Bonchev–Trinajstić information content (AvgIpc) is 3.84. The van der Waals surface area contributed by atoms with E-state index in [1.165, 1.54) is 13.3 Å². The Balaban J connectivity index is 1.46. The van der Waals surface area contributed by atoms with Gasteiger partial charge < -0.3 is 34.5 Å². The highest BCUT2D eigenvalue weighted by Crippen LogP contribution is 2.44. The molecule has 2 N–H and O–H groups in total. The fourth-order valence-corrected chi connectivity index (χ4v) is 6.50. The molecule has 1 aliphatic carbocycles. The molecule has 0 unspecified atom stereocenters. The first kappa shape index (κ1) is 33.3. The molecule has 46 heavy (non-hydrogen) atoms. The van der Waals surface area contributed by atoms with Crippen molar-refractivity contribution in [2.24, 2.45) is 0 Å². The third-order valence-electron chi connectivity index (χ3n) is 8.20. The number of methoxy groups -OCH3 is 1. The van der Waals surface area contributed by atoms with Crippen molar-refractivity contribution in [1.29, 1.82) is 0 Å². The summed E-state index contributed by atoms with van der Waals surface area (Å²) in [6, 6.07) is 4.92. The Labute approximate surface area is 275 Å². The summed E-state index contributed by atoms with van der Waals surface area (Å²) in [6.45, 7) is 5.89. The molecule has 0 bridgehead atoms. The number of benzene rings is 2. The summed E-state index contributed by atoms with van der Waals surface area (Å²) in [7, 11) is 1.42. The van der Waals surface area contributed by atoms with Crippen LogP contribution in [0.3, 0.4) is 0 Å². The number of aromatic nitrogens is 1. The van der Waals surface area contributed by atoms with Gasteiger partial charge in [0.05, 0.1) is 24.6 Å². The maximum Gasteiger partial charge on any atom is 0.325 e. The fourth-order valence-electron chi connectivity index (χ4n) is 6.03. The number of nitrogens with zero attached hydrogens (tertiary/aromatic N) is 3. The molecule has 246 valence electrons. The van der Waals surface area contributed by atoms with E-state index in [1.807, 2.05) is 18.4 Å². The summed E-state index contributed by atoms with van der Waals surface area (Å²) in [6.07, 6.45) is 3.16. The lowest BCUT2D eigenvalue weighted by molar-refractivity contribution is -0.141. The zero-order valence-electron chi connectivity index (χ0n) is 26.0. The van der Waals surface area contributed by atoms with Crippen LogP contribution in [0.15, 0.2) is 35.3 Å². The normalized spacial score (nSPS) is 18.0. The Morgan fingerprint density at radius 1 is 1.07 bits per heavy atom. The van der Waals surface area contributed by atoms with E-state index in [4.69, 9.17) is 32.7 Å². The lowest BCUT2D eigenvalue weighted by atomic mass is 10.0. The van der Waals surface area contributed by atoms with Crippen LogP contribution in [-0.2, 0) is 16.1 Å². The number of halogens is 3. The Hall–Kier alpha value is -4.03. The molecule has 2 heterocycles. The van der Waals surface area contributed by atoms with Crippen molar-refractivity contribution >= 4 is 57.7 Å². The molecule has 2 aliphatic rings. The van der Waals surface area contributed by atoms with Gasteiger partial charge in [0.2, 0.25) is 5.43 Å². The second-order valence-electron chi connectivity index (χ2n) is 11.5. The molecule has 5 rings (SSSR count). The Bertz CT molecular complexity index is 1730. The number of piperazine rings is 1. The third kappa shape index (κ3) is 6.73. The summed E-state index contributed by atoms with van der Waals surface area (Å²) in [5.41, 5.74) is 0.450. The highest BCUT2D eigenvalue weighted by Gasteiger charge is 2.37. The van der Waals surface area contributed by atoms with Gasteiger partial charge in [0, 0.05) is 54.0 Å². The molecule has 1 aromatic heterocycles. The molecule has 0 radical (unpaired) electrons. The van der Waals surface area contributed by atoms with E-state index in [0.717, 1.165) is 18.9 Å². The minimum absolute atomic E-state index is 0.00496. The number of nitrogens with one attached hydrogen (secondary N) is 2. The Morgan fingerprint density at radius 3 is 2.37 bits per heavy atom. The first-order valence-electron chi connectivity index (χ1n) is 15.1. The number of esters is 1. The monoisotopic (exact) mass is 675 g/mol. The van der Waals surface area contributed by atoms with Crippen LogP contribution in [0.4, 0.5) is 14.9 Å². The molecule has 2 aromatic carbocycles. The second kappa shape index (κ2) is 13.8. The van der Waals surface area contributed by atoms with Crippen LogP contribution in [0, 0.1) is 5.82 Å². The van der Waals surface area contributed by atoms with Gasteiger partial charge >= 0.3 is 12.0 Å². The van der Waals surface area contributed by atoms with E-state index >= 15 is 4.39 Å². The van der Waals surface area contributed by atoms with Crippen molar-refractivity contribution in [1.82, 2.24) is 20.1 Å². The largest absolute Gasteiger partial charge is 0.492 e. The highest BCUT2D eigenvalue weighted by atomic mass is 35.5. The van der Waals surface area contributed by atoms with Crippen LogP contribution in [-0.4, -0.2) is 72.8 Å². The summed E-state index contributed by atoms with van der Waals surface area (Å²) in [5.74, 6) is -1.66. The van der Waals surface area contributed by atoms with Crippen LogP contribution in [0.5, 0.6) is 5.75 Å². The maximum absolute atomic E-state index is 16.1. The maximum atomic E-state index is 16.1. The highest BCUT2D eigenvalue weighted by molar-refractivity contribution is 6.35. The van der Waals surface area contributed by atoms with Gasteiger partial charge in [0.1, 0.15) is 17.8 Å². The molecule has 2 fully saturated rings. The van der Waals surface area contributed by atoms with Gasteiger partial charge in [-0.25, -0.2) is 9.18 Å². The first-order chi connectivity index (χ1) is 21.9. The zero-order valence-corrected chi connectivity index (χ0v) is 27.5. The SMILES string of the molecule is CCOC(=O)CNC(=O)N1[C@H](C)CN(c2c(F)cc3c(=O)c(C(=O)NCc4ccc(Cl)cc4Cl)cn(C4CC4)c3c2OC)C[C@@H]1C. The number of fused-ring (bicyclic) bond motifs is 1. The lowest BCUT2D eigenvalue weighted by Crippen LogP contribution is -2.61. The molecular formula is C32H36Cl2FN5O6. The van der Waals surface area contributed by atoms with Gasteiger partial charge in [-0.3, -0.25) is 14.4 Å². The minimum Gasteiger partial charge on any atom is -0.492 e. The van der Waals surface area contributed by atoms with Crippen molar-refractivity contribution in [2.75, 3.05) is 38.3 Å². The van der Waals surface area contributed by atoms with E-state index in [2.05, 4.69) is 10.6 Å². The van der Waals surface area contributed by atoms with Crippen LogP contribution < -0.4 is 25.7 Å². The van der Waals surface area contributed by atoms with E-state index in [1.54, 1.807) is 34.9 Å². The number of carbonyl (C=O) groups excluding carboxylic acids is 3. The topological polar surface area (TPSA) is 122 Å². The van der Waals surface area contributed by atoms with Crippen molar-refractivity contribution in [2.45, 2.75) is 58.3 Å². The number of pyridine rings is 1.